The van der Waals surface area contributed by atoms with E-state index in [1.54, 1.807) is 25.1 Å². The second-order valence-corrected chi connectivity index (χ2v) is 8.24. The topological polar surface area (TPSA) is 56.5 Å². The highest BCUT2D eigenvalue weighted by molar-refractivity contribution is 6.50. The number of fused-ring (bicyclic) bond motifs is 1. The zero-order chi connectivity index (χ0) is 19.2. The van der Waals surface area contributed by atoms with Gasteiger partial charge in [0.25, 0.3) is 0 Å². The molecule has 1 heterocycles. The lowest BCUT2D eigenvalue weighted by Crippen LogP contribution is -2.13. The Kier molecular flexibility index (Phi) is 4.49. The standard InChI is InChI=1S/C21H16Cl2O4/c1-12-17(24)15-8-5-9-16(20(25)26-11-14-10-21(14,22)23)19(15)27-18(12)13-6-3-2-4-7-13/h2-9,14H,10-11H2,1H3/t14-/m0/s1. The Balaban J connectivity index is 1.76. The molecular formula is C21H16Cl2O4. The smallest absolute Gasteiger partial charge is 0.341 e. The summed E-state index contributed by atoms with van der Waals surface area (Å²) in [7, 11) is 0. The van der Waals surface area contributed by atoms with E-state index in [0.717, 1.165) is 5.56 Å². The lowest BCUT2D eigenvalue weighted by atomic mass is 10.0. The molecule has 1 atom stereocenters. The van der Waals surface area contributed by atoms with Gasteiger partial charge in [0.05, 0.1) is 12.0 Å². The molecule has 138 valence electrons. The van der Waals surface area contributed by atoms with Crippen molar-refractivity contribution in [3.8, 4) is 11.3 Å². The second kappa shape index (κ2) is 6.70. The summed E-state index contributed by atoms with van der Waals surface area (Å²) in [6.07, 6.45) is 0.589. The van der Waals surface area contributed by atoms with E-state index in [0.29, 0.717) is 23.1 Å². The molecule has 1 saturated carbocycles. The van der Waals surface area contributed by atoms with Crippen LogP contribution < -0.4 is 5.43 Å². The van der Waals surface area contributed by atoms with Gasteiger partial charge < -0.3 is 9.15 Å². The van der Waals surface area contributed by atoms with Gasteiger partial charge in [-0.05, 0) is 25.5 Å². The molecule has 27 heavy (non-hydrogen) atoms. The Morgan fingerprint density at radius 3 is 2.56 bits per heavy atom. The first kappa shape index (κ1) is 18.1. The SMILES string of the molecule is Cc1c(-c2ccccc2)oc2c(C(=O)OC[C@@H]3CC3(Cl)Cl)cccc2c1=O. The molecule has 4 nitrogen and oxygen atoms in total. The highest BCUT2D eigenvalue weighted by atomic mass is 35.5. The normalized spacial score (nSPS) is 17.7. The molecule has 0 spiro atoms. The van der Waals surface area contributed by atoms with Crippen LogP contribution in [0.1, 0.15) is 22.3 Å². The summed E-state index contributed by atoms with van der Waals surface area (Å²) in [5.41, 5.74) is 1.51. The monoisotopic (exact) mass is 402 g/mol. The Labute approximate surface area is 165 Å². The second-order valence-electron chi connectivity index (χ2n) is 6.69. The summed E-state index contributed by atoms with van der Waals surface area (Å²) < 4.78 is 10.5. The Hall–Kier alpha value is -2.30. The van der Waals surface area contributed by atoms with E-state index in [-0.39, 0.29) is 29.1 Å². The van der Waals surface area contributed by atoms with Crippen LogP contribution in [0.4, 0.5) is 0 Å². The maximum absolute atomic E-state index is 12.8. The lowest BCUT2D eigenvalue weighted by molar-refractivity contribution is 0.0486. The first-order chi connectivity index (χ1) is 12.9. The van der Waals surface area contributed by atoms with Crippen molar-refractivity contribution in [3.05, 3.63) is 69.9 Å². The van der Waals surface area contributed by atoms with Crippen LogP contribution in [0.25, 0.3) is 22.3 Å². The first-order valence-corrected chi connectivity index (χ1v) is 9.31. The molecule has 1 fully saturated rings. The number of alkyl halides is 2. The third-order valence-corrected chi connectivity index (χ3v) is 5.70. The van der Waals surface area contributed by atoms with Gasteiger partial charge in [0.2, 0.25) is 0 Å². The molecule has 1 aliphatic rings. The number of hydrogen-bond donors (Lipinski definition) is 0. The maximum atomic E-state index is 12.8. The van der Waals surface area contributed by atoms with Crippen LogP contribution in [0, 0.1) is 12.8 Å². The van der Waals surface area contributed by atoms with Crippen molar-refractivity contribution in [2.24, 2.45) is 5.92 Å². The minimum Gasteiger partial charge on any atom is -0.462 e. The van der Waals surface area contributed by atoms with Crippen LogP contribution in [0.3, 0.4) is 0 Å². The molecule has 1 aliphatic carbocycles. The van der Waals surface area contributed by atoms with E-state index in [9.17, 15) is 9.59 Å². The van der Waals surface area contributed by atoms with Crippen LogP contribution in [-0.2, 0) is 4.74 Å². The minimum atomic E-state index is -0.816. The molecule has 4 rings (SSSR count). The summed E-state index contributed by atoms with van der Waals surface area (Å²) in [6, 6.07) is 14.2. The summed E-state index contributed by atoms with van der Waals surface area (Å²) in [5, 5.41) is 0.345. The van der Waals surface area contributed by atoms with Gasteiger partial charge in [-0.3, -0.25) is 4.79 Å². The third kappa shape index (κ3) is 3.35. The van der Waals surface area contributed by atoms with Gasteiger partial charge in [0.15, 0.2) is 11.0 Å². The van der Waals surface area contributed by atoms with Crippen LogP contribution in [0.2, 0.25) is 0 Å². The zero-order valence-electron chi connectivity index (χ0n) is 14.5. The van der Waals surface area contributed by atoms with Gasteiger partial charge in [0, 0.05) is 17.0 Å². The highest BCUT2D eigenvalue weighted by Crippen LogP contribution is 2.53. The third-order valence-electron chi connectivity index (χ3n) is 4.77. The molecule has 1 aromatic heterocycles. The Bertz CT molecular complexity index is 1090. The number of carbonyl (C=O) groups excluding carboxylic acids is 1. The van der Waals surface area contributed by atoms with E-state index in [1.165, 1.54) is 0 Å². The minimum absolute atomic E-state index is 0.0751. The number of carbonyl (C=O) groups is 1. The molecule has 2 aromatic carbocycles. The fraction of sp³-hybridized carbons (Fsp3) is 0.238. The van der Waals surface area contributed by atoms with Gasteiger partial charge >= 0.3 is 5.97 Å². The fourth-order valence-corrected chi connectivity index (χ4v) is 3.54. The molecule has 0 N–H and O–H groups in total. The molecule has 0 unspecified atom stereocenters. The number of halogens is 2. The number of para-hydroxylation sites is 1. The van der Waals surface area contributed by atoms with Crippen LogP contribution in [0.15, 0.2) is 57.7 Å². The summed E-state index contributed by atoms with van der Waals surface area (Å²) in [4.78, 5) is 25.4. The van der Waals surface area contributed by atoms with E-state index < -0.39 is 10.3 Å². The van der Waals surface area contributed by atoms with Gasteiger partial charge in [0.1, 0.15) is 15.7 Å². The Morgan fingerprint density at radius 2 is 1.89 bits per heavy atom. The molecule has 0 bridgehead atoms. The molecule has 6 heteroatoms. The van der Waals surface area contributed by atoms with E-state index in [4.69, 9.17) is 32.4 Å². The van der Waals surface area contributed by atoms with Crippen molar-refractivity contribution in [2.75, 3.05) is 6.61 Å². The lowest BCUT2D eigenvalue weighted by Gasteiger charge is -2.10. The van der Waals surface area contributed by atoms with Crippen molar-refractivity contribution in [1.82, 2.24) is 0 Å². The summed E-state index contributed by atoms with van der Waals surface area (Å²) in [6.45, 7) is 1.84. The average molecular weight is 403 g/mol. The number of rotatable bonds is 4. The highest BCUT2D eigenvalue weighted by Gasteiger charge is 2.52. The van der Waals surface area contributed by atoms with E-state index in [1.807, 2.05) is 30.3 Å². The summed E-state index contributed by atoms with van der Waals surface area (Å²) >= 11 is 11.9. The summed E-state index contributed by atoms with van der Waals surface area (Å²) in [5.74, 6) is -0.201. The van der Waals surface area contributed by atoms with Crippen molar-refractivity contribution >= 4 is 40.1 Å². The molecule has 0 aliphatic heterocycles. The number of esters is 1. The largest absolute Gasteiger partial charge is 0.462 e. The van der Waals surface area contributed by atoms with Gasteiger partial charge in [-0.15, -0.1) is 23.2 Å². The predicted molar refractivity (Wildman–Crippen MR) is 105 cm³/mol. The van der Waals surface area contributed by atoms with Gasteiger partial charge in [-0.25, -0.2) is 4.79 Å². The van der Waals surface area contributed by atoms with Crippen LogP contribution >= 0.6 is 23.2 Å². The van der Waals surface area contributed by atoms with Gasteiger partial charge in [-0.1, -0.05) is 36.4 Å². The molecule has 3 aromatic rings. The average Bonchev–Trinajstić information content (AvgIpc) is 3.29. The predicted octanol–water partition coefficient (Wildman–Crippen LogP) is 5.12. The molecular weight excluding hydrogens is 387 g/mol. The number of benzene rings is 2. The van der Waals surface area contributed by atoms with Crippen molar-refractivity contribution < 1.29 is 13.9 Å². The first-order valence-electron chi connectivity index (χ1n) is 8.55. The van der Waals surface area contributed by atoms with E-state index >= 15 is 0 Å². The molecule has 0 radical (unpaired) electrons. The fourth-order valence-electron chi connectivity index (χ4n) is 3.04. The van der Waals surface area contributed by atoms with Crippen molar-refractivity contribution in [2.45, 2.75) is 17.7 Å². The molecule has 0 saturated heterocycles. The van der Waals surface area contributed by atoms with Crippen LogP contribution in [-0.4, -0.2) is 16.9 Å². The number of hydrogen-bond acceptors (Lipinski definition) is 4. The maximum Gasteiger partial charge on any atom is 0.341 e. The van der Waals surface area contributed by atoms with Crippen molar-refractivity contribution in [1.29, 1.82) is 0 Å². The Morgan fingerprint density at radius 1 is 1.19 bits per heavy atom. The van der Waals surface area contributed by atoms with Crippen molar-refractivity contribution in [3.63, 3.8) is 0 Å². The molecule has 0 amide bonds. The van der Waals surface area contributed by atoms with Crippen LogP contribution in [0.5, 0.6) is 0 Å². The number of ether oxygens (including phenoxy) is 1. The van der Waals surface area contributed by atoms with Gasteiger partial charge in [-0.2, -0.15) is 0 Å². The zero-order valence-corrected chi connectivity index (χ0v) is 16.0. The quantitative estimate of drug-likeness (QED) is 0.448. The van der Waals surface area contributed by atoms with E-state index in [2.05, 4.69) is 0 Å².